The Morgan fingerprint density at radius 3 is 2.65 bits per heavy atom. The van der Waals surface area contributed by atoms with E-state index < -0.39 is 15.9 Å². The number of nitrogens with zero attached hydrogens (tertiary/aromatic N) is 3. The number of carbonyl (C=O) groups excluding carboxylic acids is 1. The molecule has 0 bridgehead atoms. The van der Waals surface area contributed by atoms with Gasteiger partial charge in [0.15, 0.2) is 5.13 Å². The zero-order valence-corrected chi connectivity index (χ0v) is 19.8. The molecule has 0 aliphatic rings. The molecule has 0 aliphatic heterocycles. The number of allylic oxidation sites excluding steroid dienone is 1. The Hall–Kier alpha value is -2.46. The molecule has 2 heterocycles. The topological polar surface area (TPSA) is 84.3 Å². The Labute approximate surface area is 191 Å². The number of likely N-dealkylation sites (N-methyl/N-ethyl adjacent to an activating group) is 1. The third-order valence-corrected chi connectivity index (χ3v) is 7.63. The molecule has 0 saturated heterocycles. The molecule has 0 unspecified atom stereocenters. The van der Waals surface area contributed by atoms with E-state index >= 15 is 0 Å². The number of nitrogens with one attached hydrogen (secondary N) is 1. The third kappa shape index (κ3) is 5.07. The van der Waals surface area contributed by atoms with E-state index in [1.165, 1.54) is 42.6 Å². The predicted molar refractivity (Wildman–Crippen MR) is 125 cm³/mol. The largest absolute Gasteiger partial charge is 0.345 e. The lowest BCUT2D eigenvalue weighted by Crippen LogP contribution is -2.34. The summed E-state index contributed by atoms with van der Waals surface area (Å²) >= 11 is 7.10. The molecule has 0 aliphatic carbocycles. The van der Waals surface area contributed by atoms with Gasteiger partial charge in [-0.05, 0) is 44.2 Å². The van der Waals surface area contributed by atoms with Gasteiger partial charge in [-0.1, -0.05) is 17.7 Å². The van der Waals surface area contributed by atoms with E-state index in [4.69, 9.17) is 11.6 Å². The van der Waals surface area contributed by atoms with Gasteiger partial charge in [0.2, 0.25) is 15.9 Å². The summed E-state index contributed by atoms with van der Waals surface area (Å²) in [5.74, 6) is -0.474. The molecular weight excluding hydrogens is 456 g/mol. The molecule has 10 heteroatoms. The molecule has 7 nitrogen and oxygen atoms in total. The van der Waals surface area contributed by atoms with E-state index in [1.807, 2.05) is 31.4 Å². The van der Waals surface area contributed by atoms with E-state index in [-0.39, 0.29) is 11.4 Å². The molecule has 2 aromatic heterocycles. The maximum Gasteiger partial charge on any atom is 0.243 e. The van der Waals surface area contributed by atoms with Crippen molar-refractivity contribution in [2.75, 3.05) is 18.9 Å². The molecular formula is C21H23ClN4O3S2. The minimum absolute atomic E-state index is 0.0682. The van der Waals surface area contributed by atoms with Crippen molar-refractivity contribution >= 4 is 44.0 Å². The number of halogens is 1. The van der Waals surface area contributed by atoms with Crippen molar-refractivity contribution in [3.8, 4) is 11.3 Å². The molecule has 3 aromatic rings. The number of aromatic nitrogens is 2. The van der Waals surface area contributed by atoms with Crippen LogP contribution in [-0.2, 0) is 21.4 Å². The van der Waals surface area contributed by atoms with Crippen LogP contribution >= 0.6 is 22.9 Å². The van der Waals surface area contributed by atoms with E-state index in [0.29, 0.717) is 16.7 Å². The first-order valence-corrected chi connectivity index (χ1v) is 12.1. The molecule has 3 rings (SSSR count). The number of carbonyl (C=O) groups is 1. The number of rotatable bonds is 8. The van der Waals surface area contributed by atoms with E-state index in [2.05, 4.69) is 21.4 Å². The van der Waals surface area contributed by atoms with Gasteiger partial charge in [-0.15, -0.1) is 17.9 Å². The van der Waals surface area contributed by atoms with Crippen LogP contribution in [0, 0.1) is 13.8 Å². The van der Waals surface area contributed by atoms with Gasteiger partial charge in [0, 0.05) is 40.9 Å². The Morgan fingerprint density at radius 1 is 1.32 bits per heavy atom. The first-order chi connectivity index (χ1) is 14.6. The van der Waals surface area contributed by atoms with E-state index in [0.717, 1.165) is 27.0 Å². The molecule has 31 heavy (non-hydrogen) atoms. The summed E-state index contributed by atoms with van der Waals surface area (Å²) in [5.41, 5.74) is 3.90. The van der Waals surface area contributed by atoms with E-state index in [1.54, 1.807) is 0 Å². The quantitative estimate of drug-likeness (QED) is 0.488. The number of sulfonamides is 1. The lowest BCUT2D eigenvalue weighted by atomic mass is 10.2. The average molecular weight is 479 g/mol. The Morgan fingerprint density at radius 2 is 2.00 bits per heavy atom. The molecule has 0 saturated carbocycles. The van der Waals surface area contributed by atoms with Gasteiger partial charge in [0.1, 0.15) is 0 Å². The van der Waals surface area contributed by atoms with Crippen LogP contribution in [0.2, 0.25) is 5.02 Å². The lowest BCUT2D eigenvalue weighted by molar-refractivity contribution is -0.116. The number of hydrogen-bond acceptors (Lipinski definition) is 5. The van der Waals surface area contributed by atoms with Crippen LogP contribution in [0.15, 0.2) is 53.3 Å². The first-order valence-electron chi connectivity index (χ1n) is 9.38. The minimum atomic E-state index is -3.81. The summed E-state index contributed by atoms with van der Waals surface area (Å²) in [4.78, 5) is 17.0. The van der Waals surface area contributed by atoms with Crippen LogP contribution in [0.5, 0.6) is 0 Å². The van der Waals surface area contributed by atoms with Crippen molar-refractivity contribution in [3.05, 3.63) is 64.8 Å². The van der Waals surface area contributed by atoms with Gasteiger partial charge in [0.05, 0.1) is 17.1 Å². The summed E-state index contributed by atoms with van der Waals surface area (Å²) in [5, 5.41) is 5.39. The Kier molecular flexibility index (Phi) is 7.00. The van der Waals surface area contributed by atoms with Crippen molar-refractivity contribution in [2.24, 2.45) is 0 Å². The van der Waals surface area contributed by atoms with Crippen molar-refractivity contribution < 1.29 is 13.2 Å². The number of amides is 1. The van der Waals surface area contributed by atoms with Gasteiger partial charge in [0.25, 0.3) is 0 Å². The number of aryl methyl sites for hydroxylation is 1. The fraction of sp³-hybridized carbons (Fsp3) is 0.238. The first kappa shape index (κ1) is 23.2. The summed E-state index contributed by atoms with van der Waals surface area (Å²) in [6, 6.07) is 7.84. The normalized spacial score (nSPS) is 11.6. The summed E-state index contributed by atoms with van der Waals surface area (Å²) in [7, 11) is -2.46. The number of hydrogen-bond donors (Lipinski definition) is 1. The van der Waals surface area contributed by atoms with Crippen LogP contribution in [0.1, 0.15) is 11.4 Å². The smallest absolute Gasteiger partial charge is 0.243 e. The fourth-order valence-corrected chi connectivity index (χ4v) is 5.14. The molecule has 0 radical (unpaired) electrons. The number of benzene rings is 1. The number of thiazole rings is 1. The highest BCUT2D eigenvalue weighted by atomic mass is 35.5. The maximum absolute atomic E-state index is 12.6. The van der Waals surface area contributed by atoms with Crippen LogP contribution in [0.4, 0.5) is 5.13 Å². The highest BCUT2D eigenvalue weighted by Gasteiger charge is 2.23. The molecule has 1 aromatic carbocycles. The van der Waals surface area contributed by atoms with Crippen molar-refractivity contribution in [2.45, 2.75) is 25.3 Å². The van der Waals surface area contributed by atoms with Crippen LogP contribution in [0.25, 0.3) is 11.3 Å². The Bertz CT molecular complexity index is 1210. The van der Waals surface area contributed by atoms with Crippen LogP contribution < -0.4 is 5.32 Å². The van der Waals surface area contributed by atoms with Crippen molar-refractivity contribution in [1.82, 2.24) is 13.9 Å². The molecule has 164 valence electrons. The second-order valence-electron chi connectivity index (χ2n) is 6.99. The van der Waals surface area contributed by atoms with E-state index in [9.17, 15) is 13.2 Å². The lowest BCUT2D eigenvalue weighted by Gasteiger charge is -2.16. The second kappa shape index (κ2) is 9.35. The molecule has 1 N–H and O–H groups in total. The van der Waals surface area contributed by atoms with Gasteiger partial charge < -0.3 is 9.88 Å². The molecule has 0 spiro atoms. The van der Waals surface area contributed by atoms with Crippen LogP contribution in [0.3, 0.4) is 0 Å². The zero-order valence-electron chi connectivity index (χ0n) is 17.4. The maximum atomic E-state index is 12.6. The van der Waals surface area contributed by atoms with Crippen molar-refractivity contribution in [3.63, 3.8) is 0 Å². The SMILES string of the molecule is C=CCn1c(C)cc(-c2csc(NC(=O)CN(C)S(=O)(=O)c3ccc(Cl)cc3)n2)c1C. The summed E-state index contributed by atoms with van der Waals surface area (Å²) < 4.78 is 28.4. The molecule has 0 fully saturated rings. The third-order valence-electron chi connectivity index (χ3n) is 4.80. The second-order valence-corrected chi connectivity index (χ2v) is 10.3. The van der Waals surface area contributed by atoms with Gasteiger partial charge >= 0.3 is 0 Å². The predicted octanol–water partition coefficient (Wildman–Crippen LogP) is 4.33. The fourth-order valence-electron chi connectivity index (χ4n) is 3.16. The Balaban J connectivity index is 1.69. The van der Waals surface area contributed by atoms with Gasteiger partial charge in [-0.25, -0.2) is 13.4 Å². The van der Waals surface area contributed by atoms with Gasteiger partial charge in [-0.2, -0.15) is 4.31 Å². The average Bonchev–Trinajstić information content (AvgIpc) is 3.27. The monoisotopic (exact) mass is 478 g/mol. The molecule has 1 amide bonds. The number of anilines is 1. The highest BCUT2D eigenvalue weighted by molar-refractivity contribution is 7.89. The minimum Gasteiger partial charge on any atom is -0.345 e. The summed E-state index contributed by atoms with van der Waals surface area (Å²) in [6.45, 7) is 8.19. The van der Waals surface area contributed by atoms with Crippen LogP contribution in [-0.4, -0.2) is 41.8 Å². The van der Waals surface area contributed by atoms with Gasteiger partial charge in [-0.3, -0.25) is 4.79 Å². The zero-order chi connectivity index (χ0) is 22.8. The summed E-state index contributed by atoms with van der Waals surface area (Å²) in [6.07, 6.45) is 1.84. The molecule has 0 atom stereocenters. The highest BCUT2D eigenvalue weighted by Crippen LogP contribution is 2.30. The standard InChI is InChI=1S/C21H23ClN4O3S2/c1-5-10-26-14(2)11-18(15(26)3)19-13-30-21(23-19)24-20(27)12-25(4)31(28,29)17-8-6-16(22)7-9-17/h5-9,11,13H,1,10,12H2,2-4H3,(H,23,24,27). The van der Waals surface area contributed by atoms with Crippen molar-refractivity contribution in [1.29, 1.82) is 0 Å².